The molecule has 0 aromatic rings. The summed E-state index contributed by atoms with van der Waals surface area (Å²) in [7, 11) is 4.20. The molecule has 0 fully saturated rings. The van der Waals surface area contributed by atoms with Gasteiger partial charge >= 0.3 is 0 Å². The lowest BCUT2D eigenvalue weighted by molar-refractivity contribution is 0.0499. The predicted molar refractivity (Wildman–Crippen MR) is 191 cm³/mol. The minimum atomic E-state index is -0.793. The van der Waals surface area contributed by atoms with Gasteiger partial charge in [-0.05, 0) is 62.8 Å². The van der Waals surface area contributed by atoms with Crippen LogP contribution in [-0.2, 0) is 0 Å². The molecule has 4 N–H and O–H groups in total. The van der Waals surface area contributed by atoms with E-state index >= 15 is 0 Å². The van der Waals surface area contributed by atoms with E-state index in [0.29, 0.717) is 17.3 Å². The summed E-state index contributed by atoms with van der Waals surface area (Å²) < 4.78 is 0. The van der Waals surface area contributed by atoms with Crippen molar-refractivity contribution < 1.29 is 20.4 Å². The van der Waals surface area contributed by atoms with Crippen molar-refractivity contribution in [3.05, 3.63) is 0 Å². The molecular formula is C26H56N2O4S7. The Labute approximate surface area is 271 Å². The molecule has 0 aliphatic heterocycles. The Morgan fingerprint density at radius 1 is 0.487 bits per heavy atom. The summed E-state index contributed by atoms with van der Waals surface area (Å²) in [5.41, 5.74) is 0. The number of thiol groups is 2. The first kappa shape index (κ1) is 41.2. The van der Waals surface area contributed by atoms with Gasteiger partial charge in [0.1, 0.15) is 0 Å². The normalized spacial score (nSPS) is 15.2. The fraction of sp³-hybridized carbons (Fsp3) is 1.00. The minimum Gasteiger partial charge on any atom is -0.390 e. The van der Waals surface area contributed by atoms with Crippen molar-refractivity contribution in [2.24, 2.45) is 0 Å². The fourth-order valence-corrected chi connectivity index (χ4v) is 8.83. The number of hydrogen-bond donors (Lipinski definition) is 6. The smallest absolute Gasteiger partial charge is 0.0897 e. The lowest BCUT2D eigenvalue weighted by Gasteiger charge is -2.21. The molecule has 39 heavy (non-hydrogen) atoms. The summed E-state index contributed by atoms with van der Waals surface area (Å²) in [6.45, 7) is 0. The molecule has 0 saturated carbocycles. The van der Waals surface area contributed by atoms with Crippen LogP contribution >= 0.6 is 84.1 Å². The van der Waals surface area contributed by atoms with Gasteiger partial charge in [0.2, 0.25) is 0 Å². The fourth-order valence-electron chi connectivity index (χ4n) is 3.26. The van der Waals surface area contributed by atoms with E-state index in [2.05, 4.69) is 53.9 Å². The Kier molecular flexibility index (Phi) is 32.0. The third-order valence-electron chi connectivity index (χ3n) is 5.71. The topological polar surface area (TPSA) is 87.4 Å². The summed E-state index contributed by atoms with van der Waals surface area (Å²) >= 11 is 17.2. The Balaban J connectivity index is 3.51. The molecule has 4 unspecified atom stereocenters. The van der Waals surface area contributed by atoms with Gasteiger partial charge < -0.3 is 20.4 Å². The minimum absolute atomic E-state index is 0.251. The van der Waals surface area contributed by atoms with E-state index in [9.17, 15) is 20.4 Å². The Bertz CT molecular complexity index is 521. The van der Waals surface area contributed by atoms with Crippen LogP contribution in [0.2, 0.25) is 0 Å². The molecule has 0 spiro atoms. The van der Waals surface area contributed by atoms with E-state index < -0.39 is 24.4 Å². The molecule has 0 saturated heterocycles. The molecule has 0 aliphatic carbocycles. The van der Waals surface area contributed by atoms with Crippen molar-refractivity contribution in [1.29, 1.82) is 0 Å². The Morgan fingerprint density at radius 3 is 1.28 bits per heavy atom. The van der Waals surface area contributed by atoms with Crippen LogP contribution in [-0.4, -0.2) is 138 Å². The molecular weight excluding hydrogens is 629 g/mol. The highest BCUT2D eigenvalue weighted by atomic mass is 32.2. The number of nitrogens with zero attached hydrogens (tertiary/aromatic N) is 2. The summed E-state index contributed by atoms with van der Waals surface area (Å²) in [5.74, 6) is 10.0. The number of rotatable bonds is 30. The molecule has 6 nitrogen and oxygen atoms in total. The lowest BCUT2D eigenvalue weighted by Crippen LogP contribution is -2.32. The second kappa shape index (κ2) is 30.2. The van der Waals surface area contributed by atoms with Gasteiger partial charge in [0, 0.05) is 46.5 Å². The van der Waals surface area contributed by atoms with Gasteiger partial charge in [0.25, 0.3) is 0 Å². The van der Waals surface area contributed by atoms with E-state index in [-0.39, 0.29) is 5.75 Å². The number of hydrogen-bond acceptors (Lipinski definition) is 13. The zero-order valence-corrected chi connectivity index (χ0v) is 29.9. The molecule has 13 heteroatoms. The number of aliphatic hydroxyl groups is 4. The van der Waals surface area contributed by atoms with E-state index in [1.54, 1.807) is 35.3 Å². The number of unbranched alkanes of at least 4 members (excludes halogenated alkanes) is 6. The first-order valence-electron chi connectivity index (χ1n) is 14.0. The second-order valence-corrected chi connectivity index (χ2v) is 16.0. The van der Waals surface area contributed by atoms with Crippen LogP contribution in [0.1, 0.15) is 51.4 Å². The molecule has 236 valence electrons. The van der Waals surface area contributed by atoms with Gasteiger partial charge in [-0.15, -0.1) is 47.0 Å². The summed E-state index contributed by atoms with van der Waals surface area (Å²) in [6.07, 6.45) is 7.20. The highest BCUT2D eigenvalue weighted by Crippen LogP contribution is 2.17. The highest BCUT2D eigenvalue weighted by molar-refractivity contribution is 8.00. The summed E-state index contributed by atoms with van der Waals surface area (Å²) in [5, 5.41) is 39.8. The van der Waals surface area contributed by atoms with Gasteiger partial charge in [0.05, 0.1) is 24.4 Å². The predicted octanol–water partition coefficient (Wildman–Crippen LogP) is 4.77. The lowest BCUT2D eigenvalue weighted by atomic mass is 10.2. The van der Waals surface area contributed by atoms with Crippen molar-refractivity contribution in [1.82, 2.24) is 9.80 Å². The molecule has 0 heterocycles. The van der Waals surface area contributed by atoms with Gasteiger partial charge in [0.15, 0.2) is 0 Å². The SMILES string of the molecule is CN(CSCCCCCCS)CSCCCCCCSCC(O)C(O)CSCN(C)CSCC(O)C(O)CS. The summed E-state index contributed by atoms with van der Waals surface area (Å²) in [4.78, 5) is 4.51. The van der Waals surface area contributed by atoms with Crippen LogP contribution in [0.25, 0.3) is 0 Å². The van der Waals surface area contributed by atoms with E-state index in [0.717, 1.165) is 35.0 Å². The van der Waals surface area contributed by atoms with Gasteiger partial charge in [-0.1, -0.05) is 25.7 Å². The van der Waals surface area contributed by atoms with Gasteiger partial charge in [-0.2, -0.15) is 37.0 Å². The quantitative estimate of drug-likeness (QED) is 0.0360. The van der Waals surface area contributed by atoms with Crippen LogP contribution in [0.4, 0.5) is 0 Å². The number of aliphatic hydroxyl groups excluding tert-OH is 4. The zero-order valence-electron chi connectivity index (χ0n) is 24.1. The first-order valence-corrected chi connectivity index (χ1v) is 21.0. The zero-order chi connectivity index (χ0) is 29.1. The number of thioether (sulfide) groups is 5. The molecule has 0 radical (unpaired) electrons. The van der Waals surface area contributed by atoms with Crippen LogP contribution in [0.5, 0.6) is 0 Å². The van der Waals surface area contributed by atoms with Crippen LogP contribution in [0, 0.1) is 0 Å². The molecule has 0 aromatic carbocycles. The maximum absolute atomic E-state index is 10.2. The standard InChI is InChI=1S/C26H56N2O4S7/c1-27(19-36-13-9-4-3-7-11-33)20-37-14-10-6-5-8-12-35-16-25(31)26(32)18-39-22-28(2)21-38-17-24(30)23(29)15-34/h23-26,29-34H,3-22H2,1-2H3. The molecule has 0 aromatic heterocycles. The molecule has 0 bridgehead atoms. The average Bonchev–Trinajstić information content (AvgIpc) is 2.92. The summed E-state index contributed by atoms with van der Waals surface area (Å²) in [6, 6.07) is 0. The van der Waals surface area contributed by atoms with E-state index in [1.807, 2.05) is 18.8 Å². The highest BCUT2D eigenvalue weighted by Gasteiger charge is 2.17. The van der Waals surface area contributed by atoms with Crippen molar-refractivity contribution in [2.75, 3.05) is 83.6 Å². The van der Waals surface area contributed by atoms with Gasteiger partial charge in [-0.3, -0.25) is 9.80 Å². The molecule has 4 atom stereocenters. The van der Waals surface area contributed by atoms with Crippen LogP contribution in [0.3, 0.4) is 0 Å². The van der Waals surface area contributed by atoms with Crippen molar-refractivity contribution >= 4 is 84.1 Å². The van der Waals surface area contributed by atoms with Crippen molar-refractivity contribution in [3.8, 4) is 0 Å². The van der Waals surface area contributed by atoms with E-state index in [4.69, 9.17) is 0 Å². The largest absolute Gasteiger partial charge is 0.390 e. The van der Waals surface area contributed by atoms with Crippen molar-refractivity contribution in [3.63, 3.8) is 0 Å². The third-order valence-corrected chi connectivity index (χ3v) is 12.4. The Morgan fingerprint density at radius 2 is 0.846 bits per heavy atom. The maximum atomic E-state index is 10.2. The first-order chi connectivity index (χ1) is 18.8. The average molecular weight is 685 g/mol. The second-order valence-electron chi connectivity index (χ2n) is 9.87. The van der Waals surface area contributed by atoms with Crippen LogP contribution < -0.4 is 0 Å². The van der Waals surface area contributed by atoms with Crippen molar-refractivity contribution in [2.45, 2.75) is 75.8 Å². The van der Waals surface area contributed by atoms with E-state index in [1.165, 1.54) is 62.9 Å². The van der Waals surface area contributed by atoms with Crippen LogP contribution in [0.15, 0.2) is 0 Å². The monoisotopic (exact) mass is 684 g/mol. The Hall–Kier alpha value is 2.21. The molecule has 0 rings (SSSR count). The maximum Gasteiger partial charge on any atom is 0.0897 e. The molecule has 0 aliphatic rings. The van der Waals surface area contributed by atoms with Gasteiger partial charge in [-0.25, -0.2) is 0 Å². The molecule has 0 amide bonds. The third kappa shape index (κ3) is 27.5.